The van der Waals surface area contributed by atoms with Gasteiger partial charge in [-0.05, 0) is 14.6 Å². The van der Waals surface area contributed by atoms with Gasteiger partial charge in [0.2, 0.25) is 0 Å². The molecule has 6 nitrogen and oxygen atoms in total. The lowest BCUT2D eigenvalue weighted by atomic mass is 10.1. The highest BCUT2D eigenvalue weighted by atomic mass is 31.2. The quantitative estimate of drug-likeness (QED) is 0.617. The van der Waals surface area contributed by atoms with Gasteiger partial charge in [-0.25, -0.2) is 9.36 Å². The Bertz CT molecular complexity index is 488. The van der Waals surface area contributed by atoms with Crippen molar-refractivity contribution in [2.45, 2.75) is 12.5 Å². The Hall–Kier alpha value is -1.63. The van der Waals surface area contributed by atoms with Crippen LogP contribution in [-0.2, 0) is 25.2 Å². The molecule has 0 aliphatic carbocycles. The second-order valence-corrected chi connectivity index (χ2v) is 5.07. The summed E-state index contributed by atoms with van der Waals surface area (Å²) in [5.74, 6) is -1.15. The third-order valence-electron chi connectivity index (χ3n) is 2.14. The summed E-state index contributed by atoms with van der Waals surface area (Å²) in [5.41, 5.74) is 0.643. The number of carboxylic acids is 1. The number of benzene rings is 1. The van der Waals surface area contributed by atoms with Gasteiger partial charge >= 0.3 is 13.6 Å². The van der Waals surface area contributed by atoms with E-state index in [-0.39, 0.29) is 12.4 Å². The van der Waals surface area contributed by atoms with Crippen molar-refractivity contribution in [3.05, 3.63) is 35.9 Å². The molecule has 0 saturated carbocycles. The van der Waals surface area contributed by atoms with E-state index in [2.05, 4.69) is 14.4 Å². The van der Waals surface area contributed by atoms with Gasteiger partial charge in [0, 0.05) is 6.42 Å². The topological polar surface area (TPSA) is 85.2 Å². The van der Waals surface area contributed by atoms with Crippen LogP contribution >= 0.6 is 7.60 Å². The Morgan fingerprint density at radius 3 is 2.42 bits per heavy atom. The maximum absolute atomic E-state index is 11.8. The average Bonchev–Trinajstić information content (AvgIpc) is 2.44. The Morgan fingerprint density at radius 2 is 1.95 bits per heavy atom. The van der Waals surface area contributed by atoms with Crippen LogP contribution in [0.15, 0.2) is 35.3 Å². The molecule has 0 unspecified atom stereocenters. The highest BCUT2D eigenvalue weighted by molar-refractivity contribution is 7.69. The first-order valence-electron chi connectivity index (χ1n) is 5.02. The lowest BCUT2D eigenvalue weighted by molar-refractivity contribution is -0.138. The molecule has 1 rings (SSSR count). The van der Waals surface area contributed by atoms with Crippen molar-refractivity contribution in [1.82, 2.24) is 0 Å². The molecule has 1 atom stereocenters. The van der Waals surface area contributed by atoms with Crippen molar-refractivity contribution in [2.24, 2.45) is 4.99 Å². The summed E-state index contributed by atoms with van der Waals surface area (Å²) in [7, 11) is -4.77. The zero-order chi connectivity index (χ0) is 14.3. The van der Waals surface area contributed by atoms with Crippen LogP contribution in [0.2, 0.25) is 0 Å². The van der Waals surface area contributed by atoms with E-state index < -0.39 is 19.6 Å². The van der Waals surface area contributed by atoms with Crippen molar-refractivity contribution in [3.63, 3.8) is 0 Å². The predicted octanol–water partition coefficient (Wildman–Crippen LogP) is 2.71. The second kappa shape index (κ2) is 7.08. The largest absolute Gasteiger partial charge is 0.480 e. The van der Waals surface area contributed by atoms with E-state index in [0.29, 0.717) is 5.56 Å². The van der Waals surface area contributed by atoms with Gasteiger partial charge in [-0.1, -0.05) is 39.8 Å². The van der Waals surface area contributed by atoms with E-state index in [4.69, 9.17) is 5.11 Å². The maximum atomic E-state index is 11.8. The molecule has 0 bridgehead atoms. The van der Waals surface area contributed by atoms with Crippen molar-refractivity contribution in [2.75, 3.05) is 0 Å². The summed E-state index contributed by atoms with van der Waals surface area (Å²) in [6, 6.07) is 7.08. The van der Waals surface area contributed by atoms with Crippen LogP contribution in [0.1, 0.15) is 5.56 Å². The molecule has 0 aliphatic rings. The first-order chi connectivity index (χ1) is 9.00. The Morgan fingerprint density at radius 1 is 1.37 bits per heavy atom. The number of carbonyl (C=O) groups is 1. The van der Waals surface area contributed by atoms with Gasteiger partial charge in [-0.3, -0.25) is 4.99 Å². The Kier molecular flexibility index (Phi) is 5.75. The highest BCUT2D eigenvalue weighted by Gasteiger charge is 2.26. The number of hydrogen-bond acceptors (Lipinski definition) is 5. The molecule has 0 saturated heterocycles. The molecule has 0 aromatic heterocycles. The van der Waals surface area contributed by atoms with E-state index in [1.807, 2.05) is 0 Å². The molecule has 0 spiro atoms. The molecule has 1 aromatic rings. The smallest absolute Gasteiger partial charge is 0.433 e. The van der Waals surface area contributed by atoms with E-state index in [0.717, 1.165) is 0 Å². The molecule has 0 amide bonds. The van der Waals surface area contributed by atoms with Gasteiger partial charge in [0.1, 0.15) is 5.96 Å². The van der Waals surface area contributed by atoms with E-state index in [9.17, 15) is 18.4 Å². The van der Waals surface area contributed by atoms with E-state index in [1.165, 1.54) is 0 Å². The number of aliphatic imine (C=N–C) groups is 1. The first-order valence-corrected chi connectivity index (χ1v) is 6.63. The fraction of sp³-hybridized carbons (Fsp3) is 0.200. The summed E-state index contributed by atoms with van der Waals surface area (Å²) >= 11 is 0. The highest BCUT2D eigenvalue weighted by Crippen LogP contribution is 2.46. The summed E-state index contributed by atoms with van der Waals surface area (Å²) in [4.78, 5) is 14.2. The molecule has 0 fully saturated rings. The number of rotatable bonds is 7. The predicted molar refractivity (Wildman–Crippen MR) is 62.1 cm³/mol. The molecule has 9 heteroatoms. The van der Waals surface area contributed by atoms with Gasteiger partial charge in [-0.2, -0.15) is 0 Å². The van der Waals surface area contributed by atoms with Crippen LogP contribution in [0.3, 0.4) is 0 Å². The van der Waals surface area contributed by atoms with Crippen molar-refractivity contribution >= 4 is 19.5 Å². The fourth-order valence-electron chi connectivity index (χ4n) is 1.25. The SMILES string of the molecule is O=C(O)[C@H](Cc1ccccc1)N=CP(=O)(OF)OF. The molecule has 0 radical (unpaired) electrons. The monoisotopic (exact) mass is 293 g/mol. The van der Waals surface area contributed by atoms with Crippen LogP contribution in [-0.4, -0.2) is 23.1 Å². The molecule has 0 heterocycles. The number of halogens is 2. The maximum Gasteiger partial charge on any atom is 0.433 e. The number of aliphatic carboxylic acids is 1. The average molecular weight is 293 g/mol. The van der Waals surface area contributed by atoms with Gasteiger partial charge in [0.05, 0.1) is 0 Å². The minimum absolute atomic E-state index is 0.0365. The van der Waals surface area contributed by atoms with Crippen LogP contribution in [0.5, 0.6) is 0 Å². The van der Waals surface area contributed by atoms with Gasteiger partial charge in [0.15, 0.2) is 6.04 Å². The molecular weight excluding hydrogens is 283 g/mol. The summed E-state index contributed by atoms with van der Waals surface area (Å²) in [6.07, 6.45) is -0.0365. The van der Waals surface area contributed by atoms with E-state index in [1.54, 1.807) is 30.3 Å². The van der Waals surface area contributed by atoms with Gasteiger partial charge < -0.3 is 5.11 Å². The molecule has 104 valence electrons. The second-order valence-electron chi connectivity index (χ2n) is 3.49. The Labute approximate surface area is 107 Å². The number of carboxylic acid groups (broad SMARTS) is 1. The molecule has 0 aliphatic heterocycles. The standard InChI is InChI=1S/C10H10F2NO5P/c11-17-19(16,18-12)7-13-9(10(14)15)6-8-4-2-1-3-5-8/h1-5,7,9H,6H2,(H,14,15)/t9-/m0/s1. The minimum Gasteiger partial charge on any atom is -0.480 e. The zero-order valence-corrected chi connectivity index (χ0v) is 10.4. The van der Waals surface area contributed by atoms with Crippen molar-refractivity contribution in [3.8, 4) is 0 Å². The molecular formula is C10H10F2NO5P. The summed E-state index contributed by atoms with van der Waals surface area (Å²) in [5, 5.41) is 8.90. The normalized spacial score (nSPS) is 13.6. The fourth-order valence-corrected chi connectivity index (χ4v) is 1.67. The third-order valence-corrected chi connectivity index (χ3v) is 2.94. The van der Waals surface area contributed by atoms with Crippen molar-refractivity contribution < 1.29 is 33.0 Å². The van der Waals surface area contributed by atoms with Crippen LogP contribution in [0.25, 0.3) is 0 Å². The minimum atomic E-state index is -4.77. The first kappa shape index (κ1) is 15.4. The lowest BCUT2D eigenvalue weighted by Crippen LogP contribution is -2.20. The van der Waals surface area contributed by atoms with Crippen LogP contribution < -0.4 is 0 Å². The van der Waals surface area contributed by atoms with Gasteiger partial charge in [0.25, 0.3) is 0 Å². The molecule has 1 aromatic carbocycles. The summed E-state index contributed by atoms with van der Waals surface area (Å²) in [6.45, 7) is 0. The Balaban J connectivity index is 2.82. The lowest BCUT2D eigenvalue weighted by Gasteiger charge is -2.08. The number of nitrogens with zero attached hydrogens (tertiary/aromatic N) is 1. The van der Waals surface area contributed by atoms with Crippen LogP contribution in [0.4, 0.5) is 9.05 Å². The van der Waals surface area contributed by atoms with E-state index >= 15 is 0 Å². The van der Waals surface area contributed by atoms with Crippen molar-refractivity contribution in [1.29, 1.82) is 0 Å². The summed E-state index contributed by atoms with van der Waals surface area (Å²) < 4.78 is 40.1. The third kappa shape index (κ3) is 4.86. The molecule has 1 N–H and O–H groups in total. The zero-order valence-electron chi connectivity index (χ0n) is 9.48. The van der Waals surface area contributed by atoms with Gasteiger partial charge in [-0.15, -0.1) is 0 Å². The van der Waals surface area contributed by atoms with Crippen LogP contribution in [0, 0.1) is 0 Å². The molecule has 19 heavy (non-hydrogen) atoms. The number of hydrogen-bond donors (Lipinski definition) is 1.